The van der Waals surface area contributed by atoms with Crippen molar-refractivity contribution in [2.45, 2.75) is 38.3 Å². The van der Waals surface area contributed by atoms with Gasteiger partial charge in [0.2, 0.25) is 5.91 Å². The van der Waals surface area contributed by atoms with Crippen molar-refractivity contribution in [1.29, 1.82) is 0 Å². The topological polar surface area (TPSA) is 41.6 Å². The van der Waals surface area contributed by atoms with E-state index in [-0.39, 0.29) is 18.1 Å². The van der Waals surface area contributed by atoms with Crippen LogP contribution in [0.4, 0.5) is 0 Å². The summed E-state index contributed by atoms with van der Waals surface area (Å²) in [5, 5.41) is 4.04. The number of carbonyl (C=O) groups excluding carboxylic acids is 1. The van der Waals surface area contributed by atoms with Crippen LogP contribution in [0, 0.1) is 0 Å². The highest BCUT2D eigenvalue weighted by Crippen LogP contribution is 2.30. The third kappa shape index (κ3) is 3.33. The Kier molecular flexibility index (Phi) is 4.36. The smallest absolute Gasteiger partial charge is 0.239 e. The summed E-state index contributed by atoms with van der Waals surface area (Å²) in [7, 11) is 0. The van der Waals surface area contributed by atoms with Crippen molar-refractivity contribution in [2.75, 3.05) is 19.6 Å². The number of rotatable bonds is 4. The maximum atomic E-state index is 12.2. The second-order valence-electron chi connectivity index (χ2n) is 5.86. The second-order valence-corrected chi connectivity index (χ2v) is 6.29. The first-order valence-corrected chi connectivity index (χ1v) is 7.98. The number of benzene rings is 1. The first-order valence-electron chi connectivity index (χ1n) is 7.61. The summed E-state index contributed by atoms with van der Waals surface area (Å²) >= 11 is 5.99. The molecular weight excluding hydrogens is 288 g/mol. The molecule has 1 fully saturated rings. The molecule has 1 aromatic rings. The van der Waals surface area contributed by atoms with Gasteiger partial charge in [-0.25, -0.2) is 0 Å². The highest BCUT2D eigenvalue weighted by molar-refractivity contribution is 6.30. The van der Waals surface area contributed by atoms with Gasteiger partial charge in [-0.05, 0) is 43.5 Å². The Hall–Kier alpha value is -1.26. The number of nitrogens with one attached hydrogen (secondary N) is 1. The molecule has 0 saturated carbocycles. The minimum atomic E-state index is -0.154. The zero-order valence-electron chi connectivity index (χ0n) is 12.3. The third-order valence-electron chi connectivity index (χ3n) is 4.20. The van der Waals surface area contributed by atoms with Gasteiger partial charge in [-0.3, -0.25) is 4.79 Å². The van der Waals surface area contributed by atoms with Crippen molar-refractivity contribution in [1.82, 2.24) is 10.2 Å². The van der Waals surface area contributed by atoms with Crippen molar-refractivity contribution >= 4 is 17.5 Å². The summed E-state index contributed by atoms with van der Waals surface area (Å²) in [5.74, 6) is 1.11. The number of amides is 1. The fourth-order valence-electron chi connectivity index (χ4n) is 3.01. The molecule has 1 N–H and O–H groups in total. The zero-order chi connectivity index (χ0) is 14.8. The van der Waals surface area contributed by atoms with Gasteiger partial charge in [-0.1, -0.05) is 11.6 Å². The van der Waals surface area contributed by atoms with Gasteiger partial charge in [-0.15, -0.1) is 0 Å². The number of halogens is 1. The molecule has 0 aromatic heterocycles. The third-order valence-corrected chi connectivity index (χ3v) is 4.44. The average Bonchev–Trinajstić information content (AvgIpc) is 3.12. The van der Waals surface area contributed by atoms with Crippen LogP contribution in [0.1, 0.15) is 25.3 Å². The molecule has 1 aromatic carbocycles. The fourth-order valence-corrected chi connectivity index (χ4v) is 3.20. The molecule has 0 radical (unpaired) electrons. The molecule has 2 aliphatic heterocycles. The monoisotopic (exact) mass is 308 g/mol. The van der Waals surface area contributed by atoms with Crippen LogP contribution in [0.25, 0.3) is 0 Å². The average molecular weight is 309 g/mol. The van der Waals surface area contributed by atoms with E-state index in [0.29, 0.717) is 6.54 Å². The van der Waals surface area contributed by atoms with Crippen molar-refractivity contribution in [3.05, 3.63) is 28.8 Å². The maximum absolute atomic E-state index is 12.2. The second kappa shape index (κ2) is 6.24. The van der Waals surface area contributed by atoms with Gasteiger partial charge in [-0.2, -0.15) is 0 Å². The van der Waals surface area contributed by atoms with Crippen LogP contribution in [0.2, 0.25) is 5.02 Å². The summed E-state index contributed by atoms with van der Waals surface area (Å²) in [6.07, 6.45) is 3.17. The predicted octanol–water partition coefficient (Wildman–Crippen LogP) is 2.24. The minimum Gasteiger partial charge on any atom is -0.488 e. The lowest BCUT2D eigenvalue weighted by molar-refractivity contribution is -0.132. The summed E-state index contributed by atoms with van der Waals surface area (Å²) < 4.78 is 5.87. The summed E-state index contributed by atoms with van der Waals surface area (Å²) in [6, 6.07) is 5.56. The highest BCUT2D eigenvalue weighted by atomic mass is 35.5. The van der Waals surface area contributed by atoms with Crippen LogP contribution in [0.3, 0.4) is 0 Å². The number of carbonyl (C=O) groups is 1. The molecule has 0 aliphatic carbocycles. The van der Waals surface area contributed by atoms with Crippen LogP contribution in [0.5, 0.6) is 5.75 Å². The molecule has 3 rings (SSSR count). The summed E-state index contributed by atoms with van der Waals surface area (Å²) in [5.41, 5.74) is 1.15. The number of hydrogen-bond acceptors (Lipinski definition) is 3. The summed E-state index contributed by atoms with van der Waals surface area (Å²) in [6.45, 7) is 4.40. The van der Waals surface area contributed by atoms with Crippen LogP contribution >= 0.6 is 11.6 Å². The van der Waals surface area contributed by atoms with Crippen LogP contribution < -0.4 is 10.1 Å². The molecule has 2 atom stereocenters. The number of hydrogen-bond donors (Lipinski definition) is 1. The van der Waals surface area contributed by atoms with Crippen LogP contribution in [0.15, 0.2) is 18.2 Å². The molecule has 2 aliphatic rings. The summed E-state index contributed by atoms with van der Waals surface area (Å²) in [4.78, 5) is 14.2. The van der Waals surface area contributed by atoms with Gasteiger partial charge in [0, 0.05) is 31.1 Å². The molecule has 1 amide bonds. The first-order chi connectivity index (χ1) is 10.1. The number of likely N-dealkylation sites (tertiary alicyclic amines) is 1. The lowest BCUT2D eigenvalue weighted by atomic mass is 10.1. The Bertz CT molecular complexity index is 529. The van der Waals surface area contributed by atoms with E-state index in [2.05, 4.69) is 5.32 Å². The quantitative estimate of drug-likeness (QED) is 0.927. The van der Waals surface area contributed by atoms with Crippen molar-refractivity contribution < 1.29 is 9.53 Å². The molecule has 0 bridgehead atoms. The van der Waals surface area contributed by atoms with E-state index in [0.717, 1.165) is 48.7 Å². The van der Waals surface area contributed by atoms with Gasteiger partial charge in [0.1, 0.15) is 11.9 Å². The number of fused-ring (bicyclic) bond motifs is 1. The predicted molar refractivity (Wildman–Crippen MR) is 82.9 cm³/mol. The number of ether oxygens (including phenoxy) is 1. The Morgan fingerprint density at radius 3 is 3.00 bits per heavy atom. The van der Waals surface area contributed by atoms with E-state index >= 15 is 0 Å². The van der Waals surface area contributed by atoms with E-state index in [4.69, 9.17) is 16.3 Å². The standard InChI is InChI=1S/C16H21ClN2O2/c1-11(16(20)19-6-2-3-7-19)18-10-14-9-12-8-13(17)4-5-15(12)21-14/h4-5,8,11,14,18H,2-3,6-7,9-10H2,1H3. The molecule has 21 heavy (non-hydrogen) atoms. The molecular formula is C16H21ClN2O2. The van der Waals surface area contributed by atoms with Crippen LogP contribution in [-0.4, -0.2) is 42.6 Å². The van der Waals surface area contributed by atoms with Gasteiger partial charge in [0.05, 0.1) is 6.04 Å². The zero-order valence-corrected chi connectivity index (χ0v) is 13.0. The van der Waals surface area contributed by atoms with E-state index in [9.17, 15) is 4.79 Å². The Morgan fingerprint density at radius 2 is 2.24 bits per heavy atom. The van der Waals surface area contributed by atoms with Gasteiger partial charge < -0.3 is 15.0 Å². The first kappa shape index (κ1) is 14.7. The Morgan fingerprint density at radius 1 is 1.48 bits per heavy atom. The van der Waals surface area contributed by atoms with Crippen LogP contribution in [-0.2, 0) is 11.2 Å². The van der Waals surface area contributed by atoms with E-state index in [1.807, 2.05) is 30.0 Å². The lowest BCUT2D eigenvalue weighted by Gasteiger charge is -2.22. The van der Waals surface area contributed by atoms with E-state index in [1.165, 1.54) is 0 Å². The normalized spacial score (nSPS) is 22.0. The SMILES string of the molecule is CC(NCC1Cc2cc(Cl)ccc2O1)C(=O)N1CCCC1. The minimum absolute atomic E-state index is 0.0762. The molecule has 1 saturated heterocycles. The highest BCUT2D eigenvalue weighted by Gasteiger charge is 2.26. The van der Waals surface area contributed by atoms with Gasteiger partial charge >= 0.3 is 0 Å². The van der Waals surface area contributed by atoms with Crippen molar-refractivity contribution in [2.24, 2.45) is 0 Å². The van der Waals surface area contributed by atoms with Gasteiger partial charge in [0.25, 0.3) is 0 Å². The molecule has 4 nitrogen and oxygen atoms in total. The lowest BCUT2D eigenvalue weighted by Crippen LogP contribution is -2.46. The number of nitrogens with zero attached hydrogens (tertiary/aromatic N) is 1. The molecule has 5 heteroatoms. The van der Waals surface area contributed by atoms with E-state index in [1.54, 1.807) is 0 Å². The van der Waals surface area contributed by atoms with Gasteiger partial charge in [0.15, 0.2) is 0 Å². The van der Waals surface area contributed by atoms with Crippen molar-refractivity contribution in [3.8, 4) is 5.75 Å². The Balaban J connectivity index is 1.49. The largest absolute Gasteiger partial charge is 0.488 e. The molecule has 2 heterocycles. The Labute approximate surface area is 130 Å². The molecule has 114 valence electrons. The molecule has 0 spiro atoms. The fraction of sp³-hybridized carbons (Fsp3) is 0.562. The van der Waals surface area contributed by atoms with E-state index < -0.39 is 0 Å². The van der Waals surface area contributed by atoms with Crippen molar-refractivity contribution in [3.63, 3.8) is 0 Å². The molecule has 2 unspecified atom stereocenters. The maximum Gasteiger partial charge on any atom is 0.239 e.